The first-order valence-corrected chi connectivity index (χ1v) is 6.58. The lowest BCUT2D eigenvalue weighted by atomic mass is 10.0. The van der Waals surface area contributed by atoms with Crippen molar-refractivity contribution in [2.75, 3.05) is 18.6 Å². The van der Waals surface area contributed by atoms with Crippen molar-refractivity contribution >= 4 is 11.8 Å². The number of carboxylic acids is 1. The van der Waals surface area contributed by atoms with Crippen molar-refractivity contribution < 1.29 is 14.6 Å². The normalized spacial score (nSPS) is 20.5. The van der Waals surface area contributed by atoms with Gasteiger partial charge in [0.25, 0.3) is 0 Å². The van der Waals surface area contributed by atoms with Gasteiger partial charge in [0.15, 0.2) is 0 Å². The molecule has 1 atom stereocenters. The Morgan fingerprint density at radius 3 is 2.89 bits per heavy atom. The minimum Gasteiger partial charge on any atom is -0.481 e. The van der Waals surface area contributed by atoms with Crippen LogP contribution >= 0.6 is 0 Å². The summed E-state index contributed by atoms with van der Waals surface area (Å²) in [6, 6.07) is 1.18. The van der Waals surface area contributed by atoms with Crippen molar-refractivity contribution in [1.29, 1.82) is 0 Å². The Morgan fingerprint density at radius 1 is 1.37 bits per heavy atom. The molecular formula is C13H19N3O3. The van der Waals surface area contributed by atoms with Gasteiger partial charge in [-0.1, -0.05) is 19.3 Å². The van der Waals surface area contributed by atoms with Gasteiger partial charge in [-0.15, -0.1) is 0 Å². The molecule has 0 saturated carbocycles. The molecule has 19 heavy (non-hydrogen) atoms. The molecule has 1 saturated heterocycles. The zero-order chi connectivity index (χ0) is 13.7. The van der Waals surface area contributed by atoms with E-state index in [1.807, 2.05) is 4.90 Å². The van der Waals surface area contributed by atoms with Crippen LogP contribution in [0.25, 0.3) is 0 Å². The van der Waals surface area contributed by atoms with Gasteiger partial charge in [-0.2, -0.15) is 0 Å². The predicted octanol–water partition coefficient (Wildman–Crippen LogP) is 1.71. The molecule has 0 radical (unpaired) electrons. The van der Waals surface area contributed by atoms with Gasteiger partial charge in [-0.25, -0.2) is 14.8 Å². The molecule has 0 bridgehead atoms. The number of carbonyl (C=O) groups is 1. The first-order chi connectivity index (χ1) is 9.22. The molecule has 1 fully saturated rings. The number of carboxylic acid groups (broad SMARTS) is 1. The third kappa shape index (κ3) is 3.33. The third-order valence-corrected chi connectivity index (χ3v) is 3.42. The highest BCUT2D eigenvalue weighted by Gasteiger charge is 2.27. The summed E-state index contributed by atoms with van der Waals surface area (Å²) in [5, 5.41) is 9.40. The van der Waals surface area contributed by atoms with Crippen LogP contribution in [0.1, 0.15) is 32.1 Å². The zero-order valence-corrected chi connectivity index (χ0v) is 11.1. The molecule has 0 aliphatic carbocycles. The van der Waals surface area contributed by atoms with E-state index in [-0.39, 0.29) is 0 Å². The number of nitrogens with zero attached hydrogens (tertiary/aromatic N) is 3. The van der Waals surface area contributed by atoms with E-state index in [4.69, 9.17) is 4.74 Å². The molecule has 0 spiro atoms. The molecule has 104 valence electrons. The summed E-state index contributed by atoms with van der Waals surface area (Å²) in [5.74, 6) is 0.289. The van der Waals surface area contributed by atoms with Crippen molar-refractivity contribution in [2.24, 2.45) is 0 Å². The molecule has 0 aromatic carbocycles. The smallest absolute Gasteiger partial charge is 0.326 e. The molecule has 2 rings (SSSR count). The van der Waals surface area contributed by atoms with Gasteiger partial charge in [-0.3, -0.25) is 0 Å². The lowest BCUT2D eigenvalue weighted by molar-refractivity contribution is -0.138. The summed E-state index contributed by atoms with van der Waals surface area (Å²) in [6.45, 7) is 0.705. The van der Waals surface area contributed by atoms with Gasteiger partial charge in [-0.05, 0) is 12.8 Å². The summed E-state index contributed by atoms with van der Waals surface area (Å²) < 4.78 is 5.07. The van der Waals surface area contributed by atoms with Crippen molar-refractivity contribution in [3.05, 3.63) is 12.4 Å². The SMILES string of the molecule is COc1cc(N2CCCCCCC2C(=O)O)ncn1. The highest BCUT2D eigenvalue weighted by molar-refractivity contribution is 5.77. The van der Waals surface area contributed by atoms with Crippen LogP contribution in [0.5, 0.6) is 5.88 Å². The lowest BCUT2D eigenvalue weighted by Crippen LogP contribution is -2.43. The lowest BCUT2D eigenvalue weighted by Gasteiger charge is -2.31. The maximum absolute atomic E-state index is 11.4. The van der Waals surface area contributed by atoms with E-state index in [1.54, 1.807) is 6.07 Å². The maximum Gasteiger partial charge on any atom is 0.326 e. The van der Waals surface area contributed by atoms with Crippen LogP contribution in [0.3, 0.4) is 0 Å². The van der Waals surface area contributed by atoms with Crippen molar-refractivity contribution in [2.45, 2.75) is 38.1 Å². The van der Waals surface area contributed by atoms with Crippen LogP contribution in [-0.2, 0) is 4.79 Å². The van der Waals surface area contributed by atoms with E-state index >= 15 is 0 Å². The van der Waals surface area contributed by atoms with Crippen molar-refractivity contribution in [1.82, 2.24) is 9.97 Å². The quantitative estimate of drug-likeness (QED) is 0.896. The molecule has 1 unspecified atom stereocenters. The van der Waals surface area contributed by atoms with Crippen LogP contribution in [-0.4, -0.2) is 40.7 Å². The Hall–Kier alpha value is -1.85. The first-order valence-electron chi connectivity index (χ1n) is 6.58. The van der Waals surface area contributed by atoms with E-state index in [2.05, 4.69) is 9.97 Å². The molecule has 1 aliphatic rings. The van der Waals surface area contributed by atoms with Gasteiger partial charge < -0.3 is 14.7 Å². The Balaban J connectivity index is 2.26. The molecule has 2 heterocycles. The molecule has 1 aromatic heterocycles. The van der Waals surface area contributed by atoms with E-state index in [0.717, 1.165) is 25.7 Å². The van der Waals surface area contributed by atoms with Crippen molar-refractivity contribution in [3.63, 3.8) is 0 Å². The number of rotatable bonds is 3. The van der Waals surface area contributed by atoms with Gasteiger partial charge in [0.2, 0.25) is 5.88 Å². The fourth-order valence-corrected chi connectivity index (χ4v) is 2.41. The van der Waals surface area contributed by atoms with Crippen LogP contribution in [0.4, 0.5) is 5.82 Å². The average molecular weight is 265 g/mol. The number of anilines is 1. The minimum absolute atomic E-state index is 0.455. The fourth-order valence-electron chi connectivity index (χ4n) is 2.41. The second kappa shape index (κ2) is 6.36. The largest absolute Gasteiger partial charge is 0.481 e. The summed E-state index contributed by atoms with van der Waals surface area (Å²) in [5.41, 5.74) is 0. The number of hydrogen-bond donors (Lipinski definition) is 1. The predicted molar refractivity (Wildman–Crippen MR) is 70.4 cm³/mol. The Morgan fingerprint density at radius 2 is 2.16 bits per heavy atom. The zero-order valence-electron chi connectivity index (χ0n) is 11.1. The van der Waals surface area contributed by atoms with Crippen LogP contribution in [0.2, 0.25) is 0 Å². The highest BCUT2D eigenvalue weighted by Crippen LogP contribution is 2.24. The van der Waals surface area contributed by atoms with Gasteiger partial charge in [0.05, 0.1) is 7.11 Å². The molecular weight excluding hydrogens is 246 g/mol. The summed E-state index contributed by atoms with van der Waals surface area (Å²) in [6.07, 6.45) is 6.22. The topological polar surface area (TPSA) is 75.5 Å². The van der Waals surface area contributed by atoms with Gasteiger partial charge >= 0.3 is 5.97 Å². The number of hydrogen-bond acceptors (Lipinski definition) is 5. The number of methoxy groups -OCH3 is 1. The van der Waals surface area contributed by atoms with E-state index < -0.39 is 12.0 Å². The summed E-state index contributed by atoms with van der Waals surface area (Å²) in [7, 11) is 1.54. The standard InChI is InChI=1S/C13H19N3O3/c1-19-12-8-11(14-9-15-12)16-7-5-3-2-4-6-10(16)13(17)18/h8-10H,2-7H2,1H3,(H,17,18). The average Bonchev–Trinajstić information content (AvgIpc) is 2.38. The fraction of sp³-hybridized carbons (Fsp3) is 0.615. The molecule has 1 N–H and O–H groups in total. The number of aromatic nitrogens is 2. The Kier molecular flexibility index (Phi) is 4.54. The number of aliphatic carboxylic acids is 1. The van der Waals surface area contributed by atoms with Crippen LogP contribution in [0, 0.1) is 0 Å². The summed E-state index contributed by atoms with van der Waals surface area (Å²) in [4.78, 5) is 21.4. The van der Waals surface area contributed by atoms with Crippen LogP contribution in [0.15, 0.2) is 12.4 Å². The van der Waals surface area contributed by atoms with Gasteiger partial charge in [0.1, 0.15) is 18.2 Å². The van der Waals surface area contributed by atoms with E-state index in [0.29, 0.717) is 24.7 Å². The molecule has 0 amide bonds. The highest BCUT2D eigenvalue weighted by atomic mass is 16.5. The minimum atomic E-state index is -0.792. The molecule has 6 heteroatoms. The Bertz CT molecular complexity index is 439. The van der Waals surface area contributed by atoms with Gasteiger partial charge in [0, 0.05) is 12.6 Å². The van der Waals surface area contributed by atoms with E-state index in [1.165, 1.54) is 13.4 Å². The van der Waals surface area contributed by atoms with Crippen molar-refractivity contribution in [3.8, 4) is 5.88 Å². The maximum atomic E-state index is 11.4. The Labute approximate surface area is 112 Å². The summed E-state index contributed by atoms with van der Waals surface area (Å²) >= 11 is 0. The monoisotopic (exact) mass is 265 g/mol. The van der Waals surface area contributed by atoms with E-state index in [9.17, 15) is 9.90 Å². The van der Waals surface area contributed by atoms with Crippen LogP contribution < -0.4 is 9.64 Å². The number of ether oxygens (including phenoxy) is 1. The first kappa shape index (κ1) is 13.6. The third-order valence-electron chi connectivity index (χ3n) is 3.42. The molecule has 1 aromatic rings. The molecule has 6 nitrogen and oxygen atoms in total. The second-order valence-corrected chi connectivity index (χ2v) is 4.67. The molecule has 1 aliphatic heterocycles. The second-order valence-electron chi connectivity index (χ2n) is 4.67.